The van der Waals surface area contributed by atoms with Gasteiger partial charge in [-0.3, -0.25) is 9.69 Å². The molecule has 0 aliphatic carbocycles. The summed E-state index contributed by atoms with van der Waals surface area (Å²) in [6.07, 6.45) is 2.09. The number of nitrogens with zero attached hydrogens (tertiary/aromatic N) is 2. The third kappa shape index (κ3) is 3.10. The van der Waals surface area contributed by atoms with E-state index >= 15 is 0 Å². The molecule has 2 heterocycles. The zero-order valence-corrected chi connectivity index (χ0v) is 13.6. The Labute approximate surface area is 141 Å². The number of piperidine rings is 1. The molecule has 1 N–H and O–H groups in total. The maximum atomic E-state index is 12.3. The predicted octanol–water partition coefficient (Wildman–Crippen LogP) is 3.63. The van der Waals surface area contributed by atoms with Crippen molar-refractivity contribution in [2.75, 3.05) is 19.6 Å². The van der Waals surface area contributed by atoms with Crippen molar-refractivity contribution in [1.82, 2.24) is 14.9 Å². The Kier molecular flexibility index (Phi) is 4.13. The van der Waals surface area contributed by atoms with Gasteiger partial charge in [-0.25, -0.2) is 4.98 Å². The zero-order valence-electron chi connectivity index (χ0n) is 13.6. The molecule has 0 atom stereocenters. The molecule has 4 rings (SSSR count). The molecular formula is C20H21N3O. The van der Waals surface area contributed by atoms with E-state index in [0.29, 0.717) is 12.5 Å². The molecule has 0 spiro atoms. The van der Waals surface area contributed by atoms with E-state index in [9.17, 15) is 4.79 Å². The molecule has 1 saturated heterocycles. The molecule has 1 aliphatic heterocycles. The van der Waals surface area contributed by atoms with Crippen molar-refractivity contribution in [3.05, 3.63) is 66.0 Å². The number of imidazole rings is 1. The number of para-hydroxylation sites is 2. The molecule has 4 heteroatoms. The number of ketones is 1. The van der Waals surface area contributed by atoms with Crippen LogP contribution in [0, 0.1) is 0 Å². The first-order valence-corrected chi connectivity index (χ1v) is 8.55. The summed E-state index contributed by atoms with van der Waals surface area (Å²) in [4.78, 5) is 22.8. The van der Waals surface area contributed by atoms with E-state index in [-0.39, 0.29) is 5.78 Å². The van der Waals surface area contributed by atoms with Gasteiger partial charge >= 0.3 is 0 Å². The van der Waals surface area contributed by atoms with Gasteiger partial charge in [-0.1, -0.05) is 42.5 Å². The Balaban J connectivity index is 1.37. The number of hydrogen-bond acceptors (Lipinski definition) is 3. The quantitative estimate of drug-likeness (QED) is 0.747. The number of likely N-dealkylation sites (tertiary alicyclic amines) is 1. The number of fused-ring (bicyclic) bond motifs is 1. The second-order valence-electron chi connectivity index (χ2n) is 6.48. The van der Waals surface area contributed by atoms with Gasteiger partial charge in [0.1, 0.15) is 5.82 Å². The average Bonchev–Trinajstić information content (AvgIpc) is 3.07. The van der Waals surface area contributed by atoms with Gasteiger partial charge in [0.2, 0.25) is 0 Å². The fraction of sp³-hybridized carbons (Fsp3) is 0.300. The van der Waals surface area contributed by atoms with Crippen molar-refractivity contribution < 1.29 is 4.79 Å². The van der Waals surface area contributed by atoms with Crippen LogP contribution in [0.1, 0.15) is 34.9 Å². The summed E-state index contributed by atoms with van der Waals surface area (Å²) in [5.74, 6) is 1.75. The fourth-order valence-corrected chi connectivity index (χ4v) is 3.45. The van der Waals surface area contributed by atoms with Crippen LogP contribution in [-0.2, 0) is 0 Å². The summed E-state index contributed by atoms with van der Waals surface area (Å²) in [6.45, 7) is 2.40. The van der Waals surface area contributed by atoms with Crippen molar-refractivity contribution in [3.8, 4) is 0 Å². The molecule has 122 valence electrons. The molecule has 0 radical (unpaired) electrons. The highest BCUT2D eigenvalue weighted by molar-refractivity contribution is 5.97. The highest BCUT2D eigenvalue weighted by Crippen LogP contribution is 2.27. The van der Waals surface area contributed by atoms with Gasteiger partial charge in [0.15, 0.2) is 5.78 Å². The number of Topliss-reactive ketones (excluding diaryl/α,β-unsaturated/α-hetero) is 1. The van der Waals surface area contributed by atoms with Gasteiger partial charge in [-0.05, 0) is 38.1 Å². The lowest BCUT2D eigenvalue weighted by molar-refractivity contribution is 0.0908. The number of carbonyl (C=O) groups is 1. The van der Waals surface area contributed by atoms with E-state index < -0.39 is 0 Å². The fourth-order valence-electron chi connectivity index (χ4n) is 3.45. The first-order valence-electron chi connectivity index (χ1n) is 8.55. The largest absolute Gasteiger partial charge is 0.342 e. The van der Waals surface area contributed by atoms with Crippen LogP contribution in [0.5, 0.6) is 0 Å². The van der Waals surface area contributed by atoms with Crippen molar-refractivity contribution in [3.63, 3.8) is 0 Å². The number of aromatic amines is 1. The maximum absolute atomic E-state index is 12.3. The summed E-state index contributed by atoms with van der Waals surface area (Å²) >= 11 is 0. The number of nitrogens with one attached hydrogen (secondary N) is 1. The second-order valence-corrected chi connectivity index (χ2v) is 6.48. The van der Waals surface area contributed by atoms with Crippen LogP contribution < -0.4 is 0 Å². The monoisotopic (exact) mass is 319 g/mol. The van der Waals surface area contributed by atoms with Crippen LogP contribution in [0.4, 0.5) is 0 Å². The average molecular weight is 319 g/mol. The van der Waals surface area contributed by atoms with Crippen molar-refractivity contribution >= 4 is 16.8 Å². The lowest BCUT2D eigenvalue weighted by atomic mass is 9.96. The standard InChI is InChI=1S/C20H21N3O/c24-19(15-6-2-1-3-7-15)14-23-12-10-16(11-13-23)20-21-17-8-4-5-9-18(17)22-20/h1-9,16H,10-14H2,(H,21,22). The first-order chi connectivity index (χ1) is 11.8. The Bertz CT molecular complexity index is 799. The third-order valence-electron chi connectivity index (χ3n) is 4.84. The molecule has 1 fully saturated rings. The zero-order chi connectivity index (χ0) is 16.4. The molecular weight excluding hydrogens is 298 g/mol. The predicted molar refractivity (Wildman–Crippen MR) is 95.3 cm³/mol. The molecule has 0 bridgehead atoms. The SMILES string of the molecule is O=C(CN1CCC(c2nc3ccccc3[nH]2)CC1)c1ccccc1. The highest BCUT2D eigenvalue weighted by Gasteiger charge is 2.24. The van der Waals surface area contributed by atoms with Crippen LogP contribution in [-0.4, -0.2) is 40.3 Å². The van der Waals surface area contributed by atoms with Crippen molar-refractivity contribution in [2.24, 2.45) is 0 Å². The lowest BCUT2D eigenvalue weighted by Crippen LogP contribution is -2.37. The van der Waals surface area contributed by atoms with Gasteiger partial charge < -0.3 is 4.98 Å². The maximum Gasteiger partial charge on any atom is 0.176 e. The van der Waals surface area contributed by atoms with Gasteiger partial charge in [0, 0.05) is 11.5 Å². The van der Waals surface area contributed by atoms with Crippen LogP contribution in [0.2, 0.25) is 0 Å². The number of hydrogen-bond donors (Lipinski definition) is 1. The minimum Gasteiger partial charge on any atom is -0.342 e. The normalized spacial score (nSPS) is 16.5. The number of carbonyl (C=O) groups excluding carboxylic acids is 1. The summed E-state index contributed by atoms with van der Waals surface area (Å²) in [5.41, 5.74) is 2.94. The highest BCUT2D eigenvalue weighted by atomic mass is 16.1. The van der Waals surface area contributed by atoms with Crippen LogP contribution in [0.3, 0.4) is 0 Å². The molecule has 4 nitrogen and oxygen atoms in total. The Morgan fingerprint density at radius 3 is 2.50 bits per heavy atom. The van der Waals surface area contributed by atoms with Crippen LogP contribution in [0.25, 0.3) is 11.0 Å². The van der Waals surface area contributed by atoms with Crippen LogP contribution in [0.15, 0.2) is 54.6 Å². The molecule has 24 heavy (non-hydrogen) atoms. The van der Waals surface area contributed by atoms with E-state index in [1.54, 1.807) is 0 Å². The van der Waals surface area contributed by atoms with Crippen LogP contribution >= 0.6 is 0 Å². The van der Waals surface area contributed by atoms with Gasteiger partial charge in [0.25, 0.3) is 0 Å². The Morgan fingerprint density at radius 1 is 1.04 bits per heavy atom. The summed E-state index contributed by atoms with van der Waals surface area (Å²) in [7, 11) is 0. The Morgan fingerprint density at radius 2 is 1.75 bits per heavy atom. The summed E-state index contributed by atoms with van der Waals surface area (Å²) < 4.78 is 0. The van der Waals surface area contributed by atoms with E-state index in [4.69, 9.17) is 4.98 Å². The van der Waals surface area contributed by atoms with E-state index in [1.807, 2.05) is 48.5 Å². The molecule has 3 aromatic rings. The van der Waals surface area contributed by atoms with Crippen molar-refractivity contribution in [1.29, 1.82) is 0 Å². The van der Waals surface area contributed by atoms with Gasteiger partial charge in [0.05, 0.1) is 17.6 Å². The number of benzene rings is 2. The number of rotatable bonds is 4. The van der Waals surface area contributed by atoms with E-state index in [0.717, 1.165) is 48.4 Å². The molecule has 0 unspecified atom stereocenters. The Hall–Kier alpha value is -2.46. The van der Waals surface area contributed by atoms with E-state index in [1.165, 1.54) is 0 Å². The van der Waals surface area contributed by atoms with Gasteiger partial charge in [-0.2, -0.15) is 0 Å². The molecule has 1 aromatic heterocycles. The lowest BCUT2D eigenvalue weighted by Gasteiger charge is -2.30. The second kappa shape index (κ2) is 6.57. The topological polar surface area (TPSA) is 49.0 Å². The minimum atomic E-state index is 0.206. The third-order valence-corrected chi connectivity index (χ3v) is 4.84. The first kappa shape index (κ1) is 15.1. The minimum absolute atomic E-state index is 0.206. The smallest absolute Gasteiger partial charge is 0.176 e. The summed E-state index contributed by atoms with van der Waals surface area (Å²) in [5, 5.41) is 0. The molecule has 0 amide bonds. The summed E-state index contributed by atoms with van der Waals surface area (Å²) in [6, 6.07) is 17.7. The molecule has 1 aliphatic rings. The number of aromatic nitrogens is 2. The van der Waals surface area contributed by atoms with E-state index in [2.05, 4.69) is 16.0 Å². The van der Waals surface area contributed by atoms with Gasteiger partial charge in [-0.15, -0.1) is 0 Å². The molecule has 0 saturated carbocycles. The van der Waals surface area contributed by atoms with Crippen molar-refractivity contribution in [2.45, 2.75) is 18.8 Å². The molecule has 2 aromatic carbocycles. The number of H-pyrrole nitrogens is 1.